The van der Waals surface area contributed by atoms with Crippen LogP contribution in [0.2, 0.25) is 0 Å². The summed E-state index contributed by atoms with van der Waals surface area (Å²) in [6.45, 7) is 0. The zero-order valence-corrected chi connectivity index (χ0v) is 14.6. The first-order valence-corrected chi connectivity index (χ1v) is 7.79. The molecule has 6 nitrogen and oxygen atoms in total. The van der Waals surface area contributed by atoms with Crippen molar-refractivity contribution in [1.29, 1.82) is 0 Å². The number of rotatable bonds is 3. The lowest BCUT2D eigenvalue weighted by molar-refractivity contribution is -2.00. The Bertz CT molecular complexity index is 486. The molecule has 0 aliphatic rings. The molecule has 0 heterocycles. The van der Waals surface area contributed by atoms with Gasteiger partial charge in [0, 0.05) is 24.8 Å². The molecule has 0 aromatic heterocycles. The zero-order chi connectivity index (χ0) is 16.6. The van der Waals surface area contributed by atoms with Crippen molar-refractivity contribution in [2.75, 3.05) is 28.2 Å². The second-order valence-corrected chi connectivity index (χ2v) is 6.20. The Balaban J connectivity index is 0.000000690. The van der Waals surface area contributed by atoms with E-state index < -0.39 is 10.2 Å². The van der Waals surface area contributed by atoms with Gasteiger partial charge in [-0.3, -0.25) is 0 Å². The average Bonchev–Trinajstić information content (AvgIpc) is 2.25. The van der Waals surface area contributed by atoms with E-state index in [1.54, 1.807) is 0 Å². The van der Waals surface area contributed by atoms with Gasteiger partial charge in [0.1, 0.15) is 14.1 Å². The number of hydrogen-bond acceptors (Lipinski definition) is 5. The summed E-state index contributed by atoms with van der Waals surface area (Å²) in [5, 5.41) is 0. The highest BCUT2D eigenvalue weighted by Gasteiger charge is 2.03. The average molecular weight is 382 g/mol. The molecule has 0 saturated carbocycles. The van der Waals surface area contributed by atoms with Crippen LogP contribution in [0.3, 0.4) is 0 Å². The van der Waals surface area contributed by atoms with Crippen molar-refractivity contribution in [1.82, 2.24) is 4.90 Å². The van der Waals surface area contributed by atoms with Gasteiger partial charge >= 0.3 is 0 Å². The van der Waals surface area contributed by atoms with Gasteiger partial charge in [-0.1, -0.05) is 28.1 Å². The van der Waals surface area contributed by atoms with Gasteiger partial charge in [-0.05, 0) is 17.7 Å². The summed E-state index contributed by atoms with van der Waals surface area (Å²) in [7, 11) is 3.18. The molecule has 21 heavy (non-hydrogen) atoms. The normalized spacial score (nSPS) is 11.4. The first-order chi connectivity index (χ1) is 9.49. The summed E-state index contributed by atoms with van der Waals surface area (Å²) in [5.41, 5.74) is 2.41. The fourth-order valence-corrected chi connectivity index (χ4v) is 1.65. The van der Waals surface area contributed by atoms with Gasteiger partial charge in [-0.2, -0.15) is 0 Å². The predicted molar refractivity (Wildman–Crippen MR) is 74.0 cm³/mol. The Kier molecular flexibility index (Phi) is 8.72. The number of allylic oxidation sites excluding steroid dienone is 1. The molecule has 0 atom stereocenters. The molecule has 0 bridgehead atoms. The lowest BCUT2D eigenvalue weighted by Gasteiger charge is -2.17. The summed E-state index contributed by atoms with van der Waals surface area (Å²) in [4.78, 5) is 2.05. The van der Waals surface area contributed by atoms with Crippen LogP contribution in [0, 0.1) is 10.2 Å². The third-order valence-corrected chi connectivity index (χ3v) is 2.50. The van der Waals surface area contributed by atoms with Crippen LogP contribution in [0.1, 0.15) is 5.56 Å². The zero-order valence-electron chi connectivity index (χ0n) is 12.2. The quantitative estimate of drug-likeness (QED) is 0.443. The highest BCUT2D eigenvalue weighted by atomic mass is 79.9. The van der Waals surface area contributed by atoms with Crippen LogP contribution in [-0.4, -0.2) is 43.9 Å². The second kappa shape index (κ2) is 9.14. The Morgan fingerprint density at radius 2 is 1.52 bits per heavy atom. The highest BCUT2D eigenvalue weighted by Crippen LogP contribution is 2.16. The minimum Gasteiger partial charge on any atom is -0.383 e. The van der Waals surface area contributed by atoms with Crippen LogP contribution >= 0.6 is 15.9 Å². The molecule has 0 amide bonds. The van der Waals surface area contributed by atoms with Crippen LogP contribution in [0.4, 0.5) is 0 Å². The third-order valence-electron chi connectivity index (χ3n) is 1.97. The maximum atomic E-state index is 8.49. The largest absolute Gasteiger partial charge is 0.383 e. The van der Waals surface area contributed by atoms with Crippen molar-refractivity contribution in [3.05, 3.63) is 40.5 Å². The Labute approximate surface area is 135 Å². The lowest BCUT2D eigenvalue weighted by atomic mass is 10.1. The molecule has 1 aromatic carbocycles. The van der Waals surface area contributed by atoms with Gasteiger partial charge in [-0.15, -0.1) is 10.2 Å². The van der Waals surface area contributed by atoms with Gasteiger partial charge in [0.05, 0.1) is 5.57 Å². The van der Waals surface area contributed by atoms with Gasteiger partial charge < -0.3 is 4.90 Å². The van der Waals surface area contributed by atoms with E-state index in [1.807, 2.05) is 28.2 Å². The Morgan fingerprint density at radius 3 is 1.86 bits per heavy atom. The molecule has 8 heteroatoms. The maximum absolute atomic E-state index is 8.49. The van der Waals surface area contributed by atoms with Crippen molar-refractivity contribution < 1.29 is 33.5 Å². The van der Waals surface area contributed by atoms with E-state index in [9.17, 15) is 0 Å². The van der Waals surface area contributed by atoms with E-state index in [1.165, 1.54) is 11.1 Å². The van der Waals surface area contributed by atoms with Crippen LogP contribution in [0.15, 0.2) is 34.9 Å². The minimum atomic E-state index is -4.94. The van der Waals surface area contributed by atoms with Crippen LogP contribution < -0.4 is 18.6 Å². The van der Waals surface area contributed by atoms with Crippen molar-refractivity contribution in [3.63, 3.8) is 0 Å². The molecule has 1 rings (SSSR count). The minimum absolute atomic E-state index is 1.10. The molecule has 0 aliphatic heterocycles. The third kappa shape index (κ3) is 12.5. The Morgan fingerprint density at radius 1 is 1.10 bits per heavy atom. The molecular weight excluding hydrogens is 364 g/mol. The van der Waals surface area contributed by atoms with E-state index in [0.717, 1.165) is 4.47 Å². The molecular formula is C13H18BrClN2O4. The molecule has 0 aliphatic carbocycles. The molecule has 0 saturated heterocycles. The van der Waals surface area contributed by atoms with E-state index in [4.69, 9.17) is 18.6 Å². The van der Waals surface area contributed by atoms with E-state index >= 15 is 0 Å². The smallest absolute Gasteiger partial charge is 0.172 e. The first kappa shape index (κ1) is 20.0. The second-order valence-electron chi connectivity index (χ2n) is 4.53. The van der Waals surface area contributed by atoms with Gasteiger partial charge in [0.2, 0.25) is 0 Å². The van der Waals surface area contributed by atoms with Crippen LogP contribution in [0.5, 0.6) is 0 Å². The standard InChI is InChI=1S/C13H18BrN2.ClHO4/c1-15(2)9-12(10-16(3)4)11-5-7-13(14)8-6-11;2-1(3,4)5/h5-10H,1-4H3;(H,2,3,4,5)/q+1;/p-1. The number of halogens is 2. The fourth-order valence-electron chi connectivity index (χ4n) is 1.38. The van der Waals surface area contributed by atoms with Crippen molar-refractivity contribution >= 4 is 27.7 Å². The van der Waals surface area contributed by atoms with Crippen molar-refractivity contribution in [2.45, 2.75) is 0 Å². The molecule has 0 spiro atoms. The van der Waals surface area contributed by atoms with Gasteiger partial charge in [0.25, 0.3) is 0 Å². The number of nitrogens with zero attached hydrogens (tertiary/aromatic N) is 2. The first-order valence-electron chi connectivity index (χ1n) is 5.76. The summed E-state index contributed by atoms with van der Waals surface area (Å²) in [6.07, 6.45) is 4.23. The molecule has 0 N–H and O–H groups in total. The predicted octanol–water partition coefficient (Wildman–Crippen LogP) is -2.06. The maximum Gasteiger partial charge on any atom is 0.172 e. The van der Waals surface area contributed by atoms with Crippen LogP contribution in [-0.2, 0) is 0 Å². The monoisotopic (exact) mass is 380 g/mol. The van der Waals surface area contributed by atoms with Gasteiger partial charge in [0.15, 0.2) is 6.21 Å². The molecule has 1 aromatic rings. The number of hydrogen-bond donors (Lipinski definition) is 0. The SMILES string of the molecule is CN(C)C=C(C=[N+](C)C)c1ccc(Br)cc1.[O-][Cl+3]([O-])([O-])[O-]. The molecule has 0 fully saturated rings. The van der Waals surface area contributed by atoms with Crippen LogP contribution in [0.25, 0.3) is 5.57 Å². The van der Waals surface area contributed by atoms with Crippen molar-refractivity contribution in [2.24, 2.45) is 0 Å². The summed E-state index contributed by atoms with van der Waals surface area (Å²) in [5.74, 6) is 0. The van der Waals surface area contributed by atoms with E-state index in [-0.39, 0.29) is 0 Å². The topological polar surface area (TPSA) is 98.5 Å². The van der Waals surface area contributed by atoms with E-state index in [2.05, 4.69) is 62.1 Å². The number of benzene rings is 1. The summed E-state index contributed by atoms with van der Waals surface area (Å²) in [6, 6.07) is 8.34. The van der Waals surface area contributed by atoms with E-state index in [0.29, 0.717) is 0 Å². The lowest BCUT2D eigenvalue weighted by Crippen LogP contribution is -2.68. The molecule has 0 unspecified atom stereocenters. The summed E-state index contributed by atoms with van der Waals surface area (Å²) >= 11 is 3.45. The Hall–Kier alpha value is -0.960. The molecule has 118 valence electrons. The molecule has 0 radical (unpaired) electrons. The van der Waals surface area contributed by atoms with Crippen molar-refractivity contribution in [3.8, 4) is 0 Å². The fraction of sp³-hybridized carbons (Fsp3) is 0.308. The van der Waals surface area contributed by atoms with Gasteiger partial charge in [-0.25, -0.2) is 23.2 Å². The highest BCUT2D eigenvalue weighted by molar-refractivity contribution is 9.10. The summed E-state index contributed by atoms with van der Waals surface area (Å²) < 4.78 is 37.1.